The number of sulfonamides is 1. The van der Waals surface area contributed by atoms with E-state index in [-0.39, 0.29) is 0 Å². The molecule has 5 heteroatoms. The third-order valence-corrected chi connectivity index (χ3v) is 5.58. The Balaban J connectivity index is 1.98. The molecule has 0 aliphatic carbocycles. The molecule has 0 spiro atoms. The minimum Gasteiger partial charge on any atom is -0.385 e. The van der Waals surface area contributed by atoms with Crippen molar-refractivity contribution in [3.63, 3.8) is 0 Å². The molecule has 0 aromatic heterocycles. The molecule has 21 heavy (non-hydrogen) atoms. The Hall–Kier alpha value is -2.01. The minimum atomic E-state index is -3.53. The predicted octanol–water partition coefficient (Wildman–Crippen LogP) is 2.87. The number of hydrogen-bond donors (Lipinski definition) is 1. The fraction of sp³-hybridized carbons (Fsp3) is 0.250. The highest BCUT2D eigenvalue weighted by Crippen LogP contribution is 2.28. The minimum absolute atomic E-state index is 0.321. The molecule has 0 unspecified atom stereocenters. The number of hydrogen-bond acceptors (Lipinski definition) is 3. The van der Waals surface area contributed by atoms with Crippen molar-refractivity contribution in [2.75, 3.05) is 23.2 Å². The number of anilines is 2. The summed E-state index contributed by atoms with van der Waals surface area (Å²) in [5, 5.41) is 3.27. The van der Waals surface area contributed by atoms with Crippen LogP contribution in [0.25, 0.3) is 0 Å². The zero-order valence-corrected chi connectivity index (χ0v) is 12.7. The van der Waals surface area contributed by atoms with Crippen LogP contribution in [0.2, 0.25) is 0 Å². The van der Waals surface area contributed by atoms with Gasteiger partial charge in [0.2, 0.25) is 0 Å². The summed E-state index contributed by atoms with van der Waals surface area (Å²) in [5.74, 6) is 0. The first kappa shape index (κ1) is 13.9. The van der Waals surface area contributed by atoms with Gasteiger partial charge < -0.3 is 5.32 Å². The van der Waals surface area contributed by atoms with Crippen LogP contribution in [0.4, 0.5) is 11.4 Å². The fourth-order valence-electron chi connectivity index (χ4n) is 2.54. The summed E-state index contributed by atoms with van der Waals surface area (Å²) in [6.07, 6.45) is 2.08. The quantitative estimate of drug-likeness (QED) is 0.948. The second-order valence-electron chi connectivity index (χ2n) is 5.16. The summed E-state index contributed by atoms with van der Waals surface area (Å²) >= 11 is 0. The molecule has 0 saturated heterocycles. The number of benzene rings is 2. The lowest BCUT2D eigenvalue weighted by molar-refractivity contribution is 0.594. The lowest BCUT2D eigenvalue weighted by atomic mass is 10.0. The number of aryl methyl sites for hydroxylation is 1. The maximum atomic E-state index is 12.7. The number of para-hydroxylation sites is 1. The standard InChI is InChI=1S/C16H18N2O2S/c1-18(14-7-3-2-4-8-14)21(19,20)15-10-9-13-6-5-11-17-16(13)12-15/h2-4,7-10,12,17H,5-6,11H2,1H3. The first-order valence-corrected chi connectivity index (χ1v) is 8.44. The van der Waals surface area contributed by atoms with Crippen molar-refractivity contribution >= 4 is 21.4 Å². The number of fused-ring (bicyclic) bond motifs is 1. The van der Waals surface area contributed by atoms with E-state index in [4.69, 9.17) is 0 Å². The van der Waals surface area contributed by atoms with Gasteiger partial charge in [-0.2, -0.15) is 0 Å². The van der Waals surface area contributed by atoms with Crippen molar-refractivity contribution in [2.45, 2.75) is 17.7 Å². The lowest BCUT2D eigenvalue weighted by Crippen LogP contribution is -2.26. The zero-order chi connectivity index (χ0) is 14.9. The fourth-order valence-corrected chi connectivity index (χ4v) is 3.76. The van der Waals surface area contributed by atoms with Gasteiger partial charge in [-0.15, -0.1) is 0 Å². The van der Waals surface area contributed by atoms with Crippen molar-refractivity contribution < 1.29 is 8.42 Å². The van der Waals surface area contributed by atoms with E-state index in [1.807, 2.05) is 24.3 Å². The van der Waals surface area contributed by atoms with E-state index in [1.165, 1.54) is 9.87 Å². The third kappa shape index (κ3) is 2.61. The van der Waals surface area contributed by atoms with Crippen molar-refractivity contribution in [3.8, 4) is 0 Å². The lowest BCUT2D eigenvalue weighted by Gasteiger charge is -2.22. The Morgan fingerprint density at radius 2 is 1.86 bits per heavy atom. The van der Waals surface area contributed by atoms with Crippen LogP contribution in [0.1, 0.15) is 12.0 Å². The summed E-state index contributed by atoms with van der Waals surface area (Å²) < 4.78 is 26.8. The van der Waals surface area contributed by atoms with Crippen LogP contribution in [0.3, 0.4) is 0 Å². The van der Waals surface area contributed by atoms with E-state index >= 15 is 0 Å². The molecule has 4 nitrogen and oxygen atoms in total. The summed E-state index contributed by atoms with van der Waals surface area (Å²) in [4.78, 5) is 0.321. The first-order valence-electron chi connectivity index (χ1n) is 7.00. The highest BCUT2D eigenvalue weighted by atomic mass is 32.2. The normalized spacial score (nSPS) is 14.1. The Kier molecular flexibility index (Phi) is 3.59. The van der Waals surface area contributed by atoms with Gasteiger partial charge in [0.25, 0.3) is 10.0 Å². The van der Waals surface area contributed by atoms with Gasteiger partial charge in [0, 0.05) is 19.3 Å². The average molecular weight is 302 g/mol. The van der Waals surface area contributed by atoms with E-state index in [1.54, 1.807) is 31.3 Å². The summed E-state index contributed by atoms with van der Waals surface area (Å²) in [6.45, 7) is 0.894. The molecule has 1 aliphatic rings. The molecular formula is C16H18N2O2S. The first-order chi connectivity index (χ1) is 10.1. The molecule has 0 bridgehead atoms. The number of rotatable bonds is 3. The zero-order valence-electron chi connectivity index (χ0n) is 11.9. The van der Waals surface area contributed by atoms with Crippen LogP contribution in [-0.4, -0.2) is 22.0 Å². The highest BCUT2D eigenvalue weighted by Gasteiger charge is 2.22. The monoisotopic (exact) mass is 302 g/mol. The molecule has 2 aromatic carbocycles. The van der Waals surface area contributed by atoms with Gasteiger partial charge in [-0.1, -0.05) is 24.3 Å². The van der Waals surface area contributed by atoms with Gasteiger partial charge in [-0.05, 0) is 42.7 Å². The maximum Gasteiger partial charge on any atom is 0.264 e. The molecule has 1 heterocycles. The molecule has 0 fully saturated rings. The van der Waals surface area contributed by atoms with Crippen LogP contribution in [0.15, 0.2) is 53.4 Å². The molecule has 1 aliphatic heterocycles. The molecule has 0 atom stereocenters. The average Bonchev–Trinajstić information content (AvgIpc) is 2.54. The van der Waals surface area contributed by atoms with Gasteiger partial charge in [0.05, 0.1) is 10.6 Å². The summed E-state index contributed by atoms with van der Waals surface area (Å²) in [5.41, 5.74) is 2.77. The second kappa shape index (κ2) is 5.41. The van der Waals surface area contributed by atoms with Gasteiger partial charge >= 0.3 is 0 Å². The van der Waals surface area contributed by atoms with Gasteiger partial charge in [0.15, 0.2) is 0 Å². The molecule has 2 aromatic rings. The van der Waals surface area contributed by atoms with Gasteiger partial charge in [-0.3, -0.25) is 4.31 Å². The molecule has 0 radical (unpaired) electrons. The largest absolute Gasteiger partial charge is 0.385 e. The molecule has 1 N–H and O–H groups in total. The third-order valence-electron chi connectivity index (χ3n) is 3.80. The maximum absolute atomic E-state index is 12.7. The van der Waals surface area contributed by atoms with Crippen LogP contribution < -0.4 is 9.62 Å². The van der Waals surface area contributed by atoms with Gasteiger partial charge in [0.1, 0.15) is 0 Å². The van der Waals surface area contributed by atoms with Crippen LogP contribution in [-0.2, 0) is 16.4 Å². The van der Waals surface area contributed by atoms with E-state index in [9.17, 15) is 8.42 Å². The van der Waals surface area contributed by atoms with Crippen molar-refractivity contribution in [1.82, 2.24) is 0 Å². The summed E-state index contributed by atoms with van der Waals surface area (Å²) in [6, 6.07) is 14.4. The molecule has 0 saturated carbocycles. The van der Waals surface area contributed by atoms with E-state index in [2.05, 4.69) is 5.32 Å². The second-order valence-corrected chi connectivity index (χ2v) is 7.13. The van der Waals surface area contributed by atoms with Gasteiger partial charge in [-0.25, -0.2) is 8.42 Å². The van der Waals surface area contributed by atoms with E-state index < -0.39 is 10.0 Å². The van der Waals surface area contributed by atoms with Crippen LogP contribution in [0.5, 0.6) is 0 Å². The van der Waals surface area contributed by atoms with Crippen molar-refractivity contribution in [1.29, 1.82) is 0 Å². The molecule has 3 rings (SSSR count). The smallest absolute Gasteiger partial charge is 0.264 e. The number of nitrogens with one attached hydrogen (secondary N) is 1. The van der Waals surface area contributed by atoms with Crippen LogP contribution in [0, 0.1) is 0 Å². The van der Waals surface area contributed by atoms with Crippen molar-refractivity contribution in [3.05, 3.63) is 54.1 Å². The Bertz CT molecular complexity index is 742. The highest BCUT2D eigenvalue weighted by molar-refractivity contribution is 7.92. The van der Waals surface area contributed by atoms with Crippen molar-refractivity contribution in [2.24, 2.45) is 0 Å². The number of nitrogens with zero attached hydrogens (tertiary/aromatic N) is 1. The van der Waals surface area contributed by atoms with E-state index in [0.717, 1.165) is 25.1 Å². The molecular weight excluding hydrogens is 284 g/mol. The predicted molar refractivity (Wildman–Crippen MR) is 85.3 cm³/mol. The Morgan fingerprint density at radius 3 is 2.62 bits per heavy atom. The van der Waals surface area contributed by atoms with E-state index in [0.29, 0.717) is 10.6 Å². The topological polar surface area (TPSA) is 49.4 Å². The molecule has 0 amide bonds. The Morgan fingerprint density at radius 1 is 1.10 bits per heavy atom. The van der Waals surface area contributed by atoms with Crippen LogP contribution >= 0.6 is 0 Å². The SMILES string of the molecule is CN(c1ccccc1)S(=O)(=O)c1ccc2c(c1)NCCC2. The summed E-state index contributed by atoms with van der Waals surface area (Å²) in [7, 11) is -1.95. The molecule has 110 valence electrons. The Labute approximate surface area is 125 Å².